The Hall–Kier alpha value is -1.02. The van der Waals surface area contributed by atoms with Crippen LogP contribution in [0.3, 0.4) is 0 Å². The lowest BCUT2D eigenvalue weighted by molar-refractivity contribution is 0.105. The number of nitrogens with zero attached hydrogens (tertiary/aromatic N) is 2. The Morgan fingerprint density at radius 3 is 1.79 bits per heavy atom. The zero-order valence-electron chi connectivity index (χ0n) is 12.2. The van der Waals surface area contributed by atoms with E-state index in [4.69, 9.17) is 0 Å². The highest BCUT2D eigenvalue weighted by Gasteiger charge is 2.47. The Kier molecular flexibility index (Phi) is 4.87. The average Bonchev–Trinajstić information content (AvgIpc) is 2.51. The quantitative estimate of drug-likeness (QED) is 0.728. The molecular formula is C17H26N2. The molecule has 0 amide bonds. The zero-order chi connectivity index (χ0) is 13.7. The molecule has 2 aliphatic carbocycles. The van der Waals surface area contributed by atoms with Crippen molar-refractivity contribution in [1.29, 1.82) is 10.5 Å². The van der Waals surface area contributed by atoms with Gasteiger partial charge in [0.1, 0.15) is 5.41 Å². The van der Waals surface area contributed by atoms with Gasteiger partial charge in [-0.1, -0.05) is 58.3 Å². The third-order valence-electron chi connectivity index (χ3n) is 5.69. The minimum atomic E-state index is -0.720. The van der Waals surface area contributed by atoms with E-state index >= 15 is 0 Å². The normalized spacial score (nSPS) is 24.4. The summed E-state index contributed by atoms with van der Waals surface area (Å²) in [6.45, 7) is 2.18. The van der Waals surface area contributed by atoms with Gasteiger partial charge in [-0.25, -0.2) is 0 Å². The molecule has 0 aromatic rings. The first kappa shape index (κ1) is 14.4. The Morgan fingerprint density at radius 1 is 0.842 bits per heavy atom. The lowest BCUT2D eigenvalue weighted by Gasteiger charge is -2.41. The van der Waals surface area contributed by atoms with Crippen molar-refractivity contribution in [2.24, 2.45) is 23.2 Å². The van der Waals surface area contributed by atoms with Crippen LogP contribution >= 0.6 is 0 Å². The van der Waals surface area contributed by atoms with E-state index in [9.17, 15) is 10.5 Å². The summed E-state index contributed by atoms with van der Waals surface area (Å²) in [4.78, 5) is 0. The van der Waals surface area contributed by atoms with Gasteiger partial charge in [0.25, 0.3) is 0 Å². The number of hydrogen-bond donors (Lipinski definition) is 0. The smallest absolute Gasteiger partial charge is 0.149 e. The molecule has 0 N–H and O–H groups in total. The highest BCUT2D eigenvalue weighted by atomic mass is 14.5. The van der Waals surface area contributed by atoms with Crippen molar-refractivity contribution >= 4 is 0 Å². The van der Waals surface area contributed by atoms with Gasteiger partial charge in [-0.2, -0.15) is 10.5 Å². The van der Waals surface area contributed by atoms with Gasteiger partial charge in [0.05, 0.1) is 12.1 Å². The summed E-state index contributed by atoms with van der Waals surface area (Å²) >= 11 is 0. The maximum atomic E-state index is 9.76. The average molecular weight is 258 g/mol. The van der Waals surface area contributed by atoms with Crippen LogP contribution in [-0.4, -0.2) is 0 Å². The second-order valence-corrected chi connectivity index (χ2v) is 6.61. The van der Waals surface area contributed by atoms with Crippen molar-refractivity contribution in [3.8, 4) is 12.1 Å². The third-order valence-corrected chi connectivity index (χ3v) is 5.69. The van der Waals surface area contributed by atoms with Gasteiger partial charge in [-0.05, 0) is 30.6 Å². The fourth-order valence-corrected chi connectivity index (χ4v) is 4.35. The van der Waals surface area contributed by atoms with Gasteiger partial charge in [0.15, 0.2) is 0 Å². The molecule has 0 aliphatic heterocycles. The van der Waals surface area contributed by atoms with Crippen molar-refractivity contribution < 1.29 is 0 Å². The molecule has 0 bridgehead atoms. The zero-order valence-corrected chi connectivity index (χ0v) is 12.2. The van der Waals surface area contributed by atoms with Gasteiger partial charge < -0.3 is 0 Å². The monoisotopic (exact) mass is 258 g/mol. The van der Waals surface area contributed by atoms with Crippen LogP contribution in [0.2, 0.25) is 0 Å². The fourth-order valence-electron chi connectivity index (χ4n) is 4.35. The maximum absolute atomic E-state index is 9.76. The van der Waals surface area contributed by atoms with Gasteiger partial charge in [-0.15, -0.1) is 0 Å². The molecule has 104 valence electrons. The molecule has 0 radical (unpaired) electrons. The first-order chi connectivity index (χ1) is 9.24. The van der Waals surface area contributed by atoms with Crippen molar-refractivity contribution in [3.05, 3.63) is 0 Å². The molecule has 19 heavy (non-hydrogen) atoms. The summed E-state index contributed by atoms with van der Waals surface area (Å²) in [5, 5.41) is 19.5. The Morgan fingerprint density at radius 2 is 1.32 bits per heavy atom. The van der Waals surface area contributed by atoms with E-state index in [1.807, 2.05) is 0 Å². The van der Waals surface area contributed by atoms with E-state index in [2.05, 4.69) is 19.1 Å². The molecule has 2 saturated carbocycles. The largest absolute Gasteiger partial charge is 0.197 e. The van der Waals surface area contributed by atoms with E-state index in [-0.39, 0.29) is 5.92 Å². The van der Waals surface area contributed by atoms with Crippen molar-refractivity contribution in [1.82, 2.24) is 0 Å². The molecule has 2 heteroatoms. The number of nitriles is 2. The van der Waals surface area contributed by atoms with Crippen LogP contribution < -0.4 is 0 Å². The molecule has 0 spiro atoms. The second-order valence-electron chi connectivity index (χ2n) is 6.61. The minimum absolute atomic E-state index is 0.242. The Labute approximate surface area is 117 Å². The topological polar surface area (TPSA) is 47.6 Å². The molecule has 0 heterocycles. The molecule has 0 aromatic carbocycles. The predicted octanol–water partition coefficient (Wildman–Crippen LogP) is 4.82. The summed E-state index contributed by atoms with van der Waals surface area (Å²) in [6, 6.07) is 4.94. The molecule has 2 aliphatic rings. The molecule has 2 fully saturated rings. The highest BCUT2D eigenvalue weighted by Crippen LogP contribution is 2.48. The second kappa shape index (κ2) is 6.42. The molecule has 1 atom stereocenters. The Bertz CT molecular complexity index is 348. The highest BCUT2D eigenvalue weighted by molar-refractivity contribution is 5.19. The van der Waals surface area contributed by atoms with Crippen LogP contribution in [0.1, 0.15) is 71.1 Å². The van der Waals surface area contributed by atoms with Crippen LogP contribution in [-0.2, 0) is 0 Å². The van der Waals surface area contributed by atoms with Crippen LogP contribution in [0.15, 0.2) is 0 Å². The number of hydrogen-bond acceptors (Lipinski definition) is 2. The summed E-state index contributed by atoms with van der Waals surface area (Å²) in [7, 11) is 0. The predicted molar refractivity (Wildman–Crippen MR) is 76.0 cm³/mol. The lowest BCUT2D eigenvalue weighted by atomic mass is 9.59. The van der Waals surface area contributed by atoms with Crippen LogP contribution in [0, 0.1) is 45.8 Å². The van der Waals surface area contributed by atoms with E-state index in [1.165, 1.54) is 51.4 Å². The van der Waals surface area contributed by atoms with Crippen molar-refractivity contribution in [3.63, 3.8) is 0 Å². The van der Waals surface area contributed by atoms with E-state index in [0.29, 0.717) is 11.8 Å². The minimum Gasteiger partial charge on any atom is -0.197 e. The van der Waals surface area contributed by atoms with Gasteiger partial charge in [-0.3, -0.25) is 0 Å². The fraction of sp³-hybridized carbons (Fsp3) is 0.882. The van der Waals surface area contributed by atoms with Crippen molar-refractivity contribution in [2.75, 3.05) is 0 Å². The van der Waals surface area contributed by atoms with Gasteiger partial charge in [0, 0.05) is 0 Å². The van der Waals surface area contributed by atoms with Gasteiger partial charge >= 0.3 is 0 Å². The Balaban J connectivity index is 2.17. The van der Waals surface area contributed by atoms with Crippen molar-refractivity contribution in [2.45, 2.75) is 71.1 Å². The summed E-state index contributed by atoms with van der Waals surface area (Å²) < 4.78 is 0. The summed E-state index contributed by atoms with van der Waals surface area (Å²) in [5.74, 6) is 1.15. The third kappa shape index (κ3) is 2.79. The SMILES string of the molecule is CC(C1CCCCC1)C(C#N)(C#N)C1CCCCC1. The van der Waals surface area contributed by atoms with E-state index in [0.717, 1.165) is 12.8 Å². The van der Waals surface area contributed by atoms with Crippen LogP contribution in [0.25, 0.3) is 0 Å². The standard InChI is InChI=1S/C17H26N2/c1-14(15-8-4-2-5-9-15)17(12-18,13-19)16-10-6-3-7-11-16/h14-16H,2-11H2,1H3. The number of rotatable bonds is 3. The lowest BCUT2D eigenvalue weighted by Crippen LogP contribution is -2.39. The molecular weight excluding hydrogens is 232 g/mol. The summed E-state index contributed by atoms with van der Waals surface area (Å²) in [6.07, 6.45) is 12.2. The van der Waals surface area contributed by atoms with Crippen LogP contribution in [0.4, 0.5) is 0 Å². The molecule has 2 rings (SSSR count). The molecule has 1 unspecified atom stereocenters. The van der Waals surface area contributed by atoms with Gasteiger partial charge in [0.2, 0.25) is 0 Å². The summed E-state index contributed by atoms with van der Waals surface area (Å²) in [5.41, 5.74) is -0.720. The molecule has 0 aromatic heterocycles. The first-order valence-corrected chi connectivity index (χ1v) is 8.07. The molecule has 0 saturated heterocycles. The van der Waals surface area contributed by atoms with E-state index in [1.54, 1.807) is 0 Å². The van der Waals surface area contributed by atoms with E-state index < -0.39 is 5.41 Å². The first-order valence-electron chi connectivity index (χ1n) is 8.07. The maximum Gasteiger partial charge on any atom is 0.149 e. The van der Waals surface area contributed by atoms with Crippen LogP contribution in [0.5, 0.6) is 0 Å². The molecule has 2 nitrogen and oxygen atoms in total.